The lowest BCUT2D eigenvalue weighted by Crippen LogP contribution is -2.11. The van der Waals surface area contributed by atoms with Gasteiger partial charge in [0.25, 0.3) is 5.91 Å². The Labute approximate surface area is 152 Å². The number of nitrogens with one attached hydrogen (secondary N) is 2. The van der Waals surface area contributed by atoms with Gasteiger partial charge < -0.3 is 10.6 Å². The third kappa shape index (κ3) is 4.36. The number of ketones is 1. The van der Waals surface area contributed by atoms with Crippen LogP contribution in [0.25, 0.3) is 0 Å². The van der Waals surface area contributed by atoms with Crippen LogP contribution in [0.15, 0.2) is 72.8 Å². The summed E-state index contributed by atoms with van der Waals surface area (Å²) in [6.45, 7) is 3.51. The van der Waals surface area contributed by atoms with Crippen molar-refractivity contribution in [1.29, 1.82) is 0 Å². The molecule has 0 aliphatic carbocycles. The Kier molecular flexibility index (Phi) is 5.13. The van der Waals surface area contributed by atoms with Gasteiger partial charge in [-0.25, -0.2) is 0 Å². The van der Waals surface area contributed by atoms with Crippen LogP contribution in [0.2, 0.25) is 0 Å². The first-order valence-electron chi connectivity index (χ1n) is 8.37. The summed E-state index contributed by atoms with van der Waals surface area (Å²) in [6, 6.07) is 22.3. The van der Waals surface area contributed by atoms with E-state index in [1.54, 1.807) is 25.1 Å². The molecule has 0 heterocycles. The summed E-state index contributed by atoms with van der Waals surface area (Å²) < 4.78 is 0. The van der Waals surface area contributed by atoms with Gasteiger partial charge in [0, 0.05) is 28.2 Å². The minimum absolute atomic E-state index is 0.0465. The molecule has 2 N–H and O–H groups in total. The number of carbonyl (C=O) groups is 2. The molecule has 0 atom stereocenters. The van der Waals surface area contributed by atoms with E-state index < -0.39 is 0 Å². The minimum atomic E-state index is -0.130. The van der Waals surface area contributed by atoms with Gasteiger partial charge >= 0.3 is 0 Å². The maximum Gasteiger partial charge on any atom is 0.255 e. The summed E-state index contributed by atoms with van der Waals surface area (Å²) in [5, 5.41) is 6.16. The monoisotopic (exact) mass is 344 g/mol. The van der Waals surface area contributed by atoms with Crippen LogP contribution in [0, 0.1) is 6.92 Å². The third-order valence-electron chi connectivity index (χ3n) is 4.00. The number of hydrogen-bond acceptors (Lipinski definition) is 3. The van der Waals surface area contributed by atoms with Gasteiger partial charge in [0.15, 0.2) is 5.78 Å². The fourth-order valence-corrected chi connectivity index (χ4v) is 2.58. The van der Waals surface area contributed by atoms with E-state index in [0.29, 0.717) is 11.1 Å². The Morgan fingerprint density at radius 3 is 1.88 bits per heavy atom. The Bertz CT molecular complexity index is 929. The number of carbonyl (C=O) groups excluding carboxylic acids is 2. The molecule has 0 fully saturated rings. The summed E-state index contributed by atoms with van der Waals surface area (Å²) in [7, 11) is 0. The number of anilines is 3. The topological polar surface area (TPSA) is 58.2 Å². The largest absolute Gasteiger partial charge is 0.356 e. The zero-order valence-corrected chi connectivity index (χ0v) is 14.7. The number of rotatable bonds is 5. The number of benzene rings is 3. The van der Waals surface area contributed by atoms with Gasteiger partial charge in [0.05, 0.1) is 0 Å². The molecule has 0 saturated carbocycles. The fourth-order valence-electron chi connectivity index (χ4n) is 2.58. The molecule has 3 aromatic rings. The van der Waals surface area contributed by atoms with E-state index in [4.69, 9.17) is 0 Å². The minimum Gasteiger partial charge on any atom is -0.356 e. The van der Waals surface area contributed by atoms with E-state index in [1.807, 2.05) is 61.5 Å². The molecule has 3 aromatic carbocycles. The molecule has 4 nitrogen and oxygen atoms in total. The summed E-state index contributed by atoms with van der Waals surface area (Å²) >= 11 is 0. The van der Waals surface area contributed by atoms with Crippen molar-refractivity contribution in [2.24, 2.45) is 0 Å². The molecule has 0 aliphatic rings. The Morgan fingerprint density at radius 1 is 0.731 bits per heavy atom. The molecule has 1 amide bonds. The van der Waals surface area contributed by atoms with Crippen LogP contribution >= 0.6 is 0 Å². The third-order valence-corrected chi connectivity index (χ3v) is 4.00. The van der Waals surface area contributed by atoms with Crippen molar-refractivity contribution in [2.75, 3.05) is 10.6 Å². The average Bonchev–Trinajstić information content (AvgIpc) is 2.64. The zero-order chi connectivity index (χ0) is 18.5. The van der Waals surface area contributed by atoms with Gasteiger partial charge in [-0.1, -0.05) is 17.7 Å². The molecule has 3 rings (SSSR count). The summed E-state index contributed by atoms with van der Waals surface area (Å²) in [6.07, 6.45) is 0. The molecule has 26 heavy (non-hydrogen) atoms. The van der Waals surface area contributed by atoms with E-state index in [-0.39, 0.29) is 11.7 Å². The quantitative estimate of drug-likeness (QED) is 0.626. The molecule has 0 bridgehead atoms. The number of aryl methyl sites for hydroxylation is 1. The predicted octanol–water partition coefficient (Wildman–Crippen LogP) is 5.19. The second-order valence-electron chi connectivity index (χ2n) is 6.16. The Balaban J connectivity index is 1.64. The first-order valence-corrected chi connectivity index (χ1v) is 8.37. The number of amides is 1. The molecular weight excluding hydrogens is 324 g/mol. The van der Waals surface area contributed by atoms with Gasteiger partial charge in [-0.2, -0.15) is 0 Å². The SMILES string of the molecule is CC(=O)c1ccc(Nc2ccc(NC(=O)c3cccc(C)c3)cc2)cc1. The highest BCUT2D eigenvalue weighted by atomic mass is 16.1. The van der Waals surface area contributed by atoms with Crippen molar-refractivity contribution >= 4 is 28.8 Å². The number of Topliss-reactive ketones (excluding diaryl/α,β-unsaturated/α-hetero) is 1. The van der Waals surface area contributed by atoms with Crippen molar-refractivity contribution in [3.63, 3.8) is 0 Å². The van der Waals surface area contributed by atoms with E-state index in [1.165, 1.54) is 0 Å². The molecule has 4 heteroatoms. The first-order chi connectivity index (χ1) is 12.5. The molecule has 0 aromatic heterocycles. The highest BCUT2D eigenvalue weighted by Crippen LogP contribution is 2.20. The highest BCUT2D eigenvalue weighted by Gasteiger charge is 2.06. The van der Waals surface area contributed by atoms with E-state index >= 15 is 0 Å². The van der Waals surface area contributed by atoms with Crippen LogP contribution in [0.4, 0.5) is 17.1 Å². The van der Waals surface area contributed by atoms with E-state index in [2.05, 4.69) is 10.6 Å². The molecular formula is C22H20N2O2. The second kappa shape index (κ2) is 7.66. The van der Waals surface area contributed by atoms with Crippen molar-refractivity contribution in [1.82, 2.24) is 0 Å². The lowest BCUT2D eigenvalue weighted by atomic mass is 10.1. The predicted molar refractivity (Wildman–Crippen MR) is 105 cm³/mol. The van der Waals surface area contributed by atoms with Gasteiger partial charge in [0.2, 0.25) is 0 Å². The normalized spacial score (nSPS) is 10.2. The second-order valence-corrected chi connectivity index (χ2v) is 6.16. The molecule has 130 valence electrons. The van der Waals surface area contributed by atoms with E-state index in [0.717, 1.165) is 22.6 Å². The molecule has 0 spiro atoms. The maximum absolute atomic E-state index is 12.3. The lowest BCUT2D eigenvalue weighted by molar-refractivity contribution is 0.101. The number of hydrogen-bond donors (Lipinski definition) is 2. The van der Waals surface area contributed by atoms with Crippen molar-refractivity contribution in [3.05, 3.63) is 89.5 Å². The van der Waals surface area contributed by atoms with Gasteiger partial charge in [0.1, 0.15) is 0 Å². The van der Waals surface area contributed by atoms with Gasteiger partial charge in [-0.15, -0.1) is 0 Å². The lowest BCUT2D eigenvalue weighted by Gasteiger charge is -2.09. The summed E-state index contributed by atoms with van der Waals surface area (Å²) in [4.78, 5) is 23.6. The Hall–Kier alpha value is -3.40. The molecule has 0 saturated heterocycles. The van der Waals surface area contributed by atoms with Crippen molar-refractivity contribution in [3.8, 4) is 0 Å². The van der Waals surface area contributed by atoms with Gasteiger partial charge in [-0.3, -0.25) is 9.59 Å². The molecule has 0 unspecified atom stereocenters. The molecule has 0 aliphatic heterocycles. The smallest absolute Gasteiger partial charge is 0.255 e. The standard InChI is InChI=1S/C22H20N2O2/c1-15-4-3-5-18(14-15)22(26)24-21-12-10-20(11-13-21)23-19-8-6-17(7-9-19)16(2)25/h3-14,23H,1-2H3,(H,24,26). The van der Waals surface area contributed by atoms with Crippen LogP contribution in [-0.2, 0) is 0 Å². The van der Waals surface area contributed by atoms with Crippen molar-refractivity contribution in [2.45, 2.75) is 13.8 Å². The summed E-state index contributed by atoms with van der Waals surface area (Å²) in [5.74, 6) is -0.0838. The average molecular weight is 344 g/mol. The van der Waals surface area contributed by atoms with Crippen LogP contribution < -0.4 is 10.6 Å². The van der Waals surface area contributed by atoms with Gasteiger partial charge in [-0.05, 0) is 74.5 Å². The van der Waals surface area contributed by atoms with Crippen LogP contribution in [0.1, 0.15) is 33.2 Å². The Morgan fingerprint density at radius 2 is 1.31 bits per heavy atom. The van der Waals surface area contributed by atoms with E-state index in [9.17, 15) is 9.59 Å². The van der Waals surface area contributed by atoms with Crippen molar-refractivity contribution < 1.29 is 9.59 Å². The van der Waals surface area contributed by atoms with Crippen LogP contribution in [0.3, 0.4) is 0 Å². The molecule has 0 radical (unpaired) electrons. The highest BCUT2D eigenvalue weighted by molar-refractivity contribution is 6.04. The van der Waals surface area contributed by atoms with Crippen LogP contribution in [-0.4, -0.2) is 11.7 Å². The first kappa shape index (κ1) is 17.4. The summed E-state index contributed by atoms with van der Waals surface area (Å²) in [5.41, 5.74) is 4.89. The maximum atomic E-state index is 12.3. The zero-order valence-electron chi connectivity index (χ0n) is 14.7. The fraction of sp³-hybridized carbons (Fsp3) is 0.0909. The van der Waals surface area contributed by atoms with Crippen LogP contribution in [0.5, 0.6) is 0 Å².